The Morgan fingerprint density at radius 1 is 0.871 bits per heavy atom. The number of nitrogens with zero attached hydrogens (tertiary/aromatic N) is 3. The van der Waals surface area contributed by atoms with Crippen LogP contribution in [0.15, 0.2) is 72.1 Å². The van der Waals surface area contributed by atoms with E-state index in [9.17, 15) is 9.18 Å². The lowest BCUT2D eigenvalue weighted by molar-refractivity contribution is 0.0619. The maximum Gasteiger partial charge on any atom is 0.270 e. The van der Waals surface area contributed by atoms with E-state index < -0.39 is 0 Å². The molecule has 1 fully saturated rings. The van der Waals surface area contributed by atoms with Gasteiger partial charge in [0.2, 0.25) is 0 Å². The van der Waals surface area contributed by atoms with Crippen LogP contribution in [0.5, 0.6) is 0 Å². The van der Waals surface area contributed by atoms with Crippen molar-refractivity contribution >= 4 is 27.5 Å². The number of amides is 1. The first-order chi connectivity index (χ1) is 15.2. The summed E-state index contributed by atoms with van der Waals surface area (Å²) in [5.74, 6) is -0.175. The van der Waals surface area contributed by atoms with E-state index in [0.717, 1.165) is 48.5 Å². The molecule has 5 rings (SSSR count). The minimum absolute atomic E-state index is 0.0740. The van der Waals surface area contributed by atoms with E-state index in [4.69, 9.17) is 0 Å². The van der Waals surface area contributed by atoms with Crippen LogP contribution in [0, 0.1) is 5.82 Å². The molecule has 4 nitrogen and oxygen atoms in total. The van der Waals surface area contributed by atoms with Gasteiger partial charge in [-0.1, -0.05) is 42.5 Å². The van der Waals surface area contributed by atoms with E-state index in [-0.39, 0.29) is 11.7 Å². The second kappa shape index (κ2) is 8.65. The lowest BCUT2D eigenvalue weighted by atomic mass is 10.2. The highest BCUT2D eigenvalue weighted by Crippen LogP contribution is 2.27. The fourth-order valence-corrected chi connectivity index (χ4v) is 5.03. The number of piperazine rings is 1. The van der Waals surface area contributed by atoms with Crippen molar-refractivity contribution in [2.45, 2.75) is 13.1 Å². The summed E-state index contributed by atoms with van der Waals surface area (Å²) in [6.45, 7) is 4.65. The zero-order chi connectivity index (χ0) is 21.2. The Balaban J connectivity index is 1.32. The minimum atomic E-state index is -0.249. The molecule has 6 heteroatoms. The minimum Gasteiger partial charge on any atom is -0.335 e. The predicted octanol–water partition coefficient (Wildman–Crippen LogP) is 4.85. The van der Waals surface area contributed by atoms with E-state index in [1.807, 2.05) is 22.4 Å². The molecule has 1 aliphatic heterocycles. The van der Waals surface area contributed by atoms with Gasteiger partial charge in [0, 0.05) is 39.3 Å². The number of rotatable bonds is 5. The molecule has 0 radical (unpaired) electrons. The van der Waals surface area contributed by atoms with Gasteiger partial charge >= 0.3 is 0 Å². The topological polar surface area (TPSA) is 28.5 Å². The number of hydrogen-bond donors (Lipinski definition) is 0. The summed E-state index contributed by atoms with van der Waals surface area (Å²) >= 11 is 1.64. The van der Waals surface area contributed by atoms with Crippen LogP contribution in [-0.2, 0) is 13.1 Å². The Kier molecular flexibility index (Phi) is 5.57. The standard InChI is InChI=1S/C25H24FN3OS/c26-21-8-6-20(7-9-21)18-29-22-10-15-31-24(22)16-23(29)25(30)28-13-11-27(12-14-28)17-19-4-2-1-3-5-19/h1-10,15-16H,11-14,17-18H2. The molecular formula is C25H24FN3OS. The van der Waals surface area contributed by atoms with Crippen LogP contribution in [-0.4, -0.2) is 46.5 Å². The molecule has 0 N–H and O–H groups in total. The molecule has 1 amide bonds. The first kappa shape index (κ1) is 20.0. The Hall–Kier alpha value is -2.96. The second-order valence-electron chi connectivity index (χ2n) is 7.97. The summed E-state index contributed by atoms with van der Waals surface area (Å²) in [7, 11) is 0. The number of thiophene rings is 1. The molecule has 1 saturated heterocycles. The fourth-order valence-electron chi connectivity index (χ4n) is 4.21. The van der Waals surface area contributed by atoms with Gasteiger partial charge in [-0.05, 0) is 40.8 Å². The maximum absolute atomic E-state index is 13.4. The second-order valence-corrected chi connectivity index (χ2v) is 8.91. The summed E-state index contributed by atoms with van der Waals surface area (Å²) in [5.41, 5.74) is 4.05. The Morgan fingerprint density at radius 2 is 1.58 bits per heavy atom. The van der Waals surface area contributed by atoms with Gasteiger partial charge in [-0.3, -0.25) is 9.69 Å². The zero-order valence-corrected chi connectivity index (χ0v) is 18.0. The van der Waals surface area contributed by atoms with Crippen molar-refractivity contribution in [3.63, 3.8) is 0 Å². The smallest absolute Gasteiger partial charge is 0.270 e. The van der Waals surface area contributed by atoms with E-state index >= 15 is 0 Å². The predicted molar refractivity (Wildman–Crippen MR) is 123 cm³/mol. The van der Waals surface area contributed by atoms with Crippen LogP contribution in [0.25, 0.3) is 10.2 Å². The van der Waals surface area contributed by atoms with Crippen molar-refractivity contribution in [2.75, 3.05) is 26.2 Å². The quantitative estimate of drug-likeness (QED) is 0.450. The van der Waals surface area contributed by atoms with Gasteiger partial charge < -0.3 is 9.47 Å². The van der Waals surface area contributed by atoms with Gasteiger partial charge in [0.25, 0.3) is 5.91 Å². The first-order valence-corrected chi connectivity index (χ1v) is 11.4. The number of aromatic nitrogens is 1. The molecule has 2 aromatic heterocycles. The highest BCUT2D eigenvalue weighted by atomic mass is 32.1. The van der Waals surface area contributed by atoms with Crippen LogP contribution in [0.4, 0.5) is 4.39 Å². The van der Waals surface area contributed by atoms with Crippen LogP contribution >= 0.6 is 11.3 Å². The Morgan fingerprint density at radius 3 is 2.32 bits per heavy atom. The summed E-state index contributed by atoms with van der Waals surface area (Å²) in [5, 5.41) is 2.04. The van der Waals surface area contributed by atoms with Gasteiger partial charge in [-0.25, -0.2) is 4.39 Å². The molecule has 2 aromatic carbocycles. The van der Waals surface area contributed by atoms with Crippen molar-refractivity contribution in [2.24, 2.45) is 0 Å². The molecule has 3 heterocycles. The van der Waals surface area contributed by atoms with Crippen LogP contribution < -0.4 is 0 Å². The number of hydrogen-bond acceptors (Lipinski definition) is 3. The third-order valence-corrected chi connectivity index (χ3v) is 6.76. The van der Waals surface area contributed by atoms with Gasteiger partial charge in [0.15, 0.2) is 0 Å². The third-order valence-electron chi connectivity index (χ3n) is 5.90. The number of halogens is 1. The van der Waals surface area contributed by atoms with Crippen LogP contribution in [0.1, 0.15) is 21.6 Å². The molecule has 0 spiro atoms. The largest absolute Gasteiger partial charge is 0.335 e. The lowest BCUT2D eigenvalue weighted by Gasteiger charge is -2.35. The number of carbonyl (C=O) groups excluding carboxylic acids is 1. The van der Waals surface area contributed by atoms with E-state index in [1.54, 1.807) is 23.5 Å². The fraction of sp³-hybridized carbons (Fsp3) is 0.240. The molecule has 0 bridgehead atoms. The van der Waals surface area contributed by atoms with E-state index in [0.29, 0.717) is 12.2 Å². The Bertz CT molecular complexity index is 1170. The van der Waals surface area contributed by atoms with E-state index in [2.05, 4.69) is 39.8 Å². The van der Waals surface area contributed by atoms with Gasteiger partial charge in [0.1, 0.15) is 11.5 Å². The van der Waals surface area contributed by atoms with Crippen molar-refractivity contribution in [1.29, 1.82) is 0 Å². The van der Waals surface area contributed by atoms with Gasteiger partial charge in [0.05, 0.1) is 10.2 Å². The molecule has 0 unspecified atom stereocenters. The highest BCUT2D eigenvalue weighted by molar-refractivity contribution is 7.17. The van der Waals surface area contributed by atoms with Gasteiger partial charge in [-0.2, -0.15) is 0 Å². The average Bonchev–Trinajstić information content (AvgIpc) is 3.39. The summed E-state index contributed by atoms with van der Waals surface area (Å²) in [6.07, 6.45) is 0. The molecule has 0 atom stereocenters. The van der Waals surface area contributed by atoms with Gasteiger partial charge in [-0.15, -0.1) is 11.3 Å². The molecule has 4 aromatic rings. The summed E-state index contributed by atoms with van der Waals surface area (Å²) in [6, 6.07) is 21.0. The normalized spacial score (nSPS) is 14.9. The third kappa shape index (κ3) is 4.27. The van der Waals surface area contributed by atoms with Crippen molar-refractivity contribution in [1.82, 2.24) is 14.4 Å². The van der Waals surface area contributed by atoms with Crippen molar-refractivity contribution in [3.8, 4) is 0 Å². The van der Waals surface area contributed by atoms with Crippen molar-refractivity contribution in [3.05, 3.63) is 94.7 Å². The van der Waals surface area contributed by atoms with Crippen molar-refractivity contribution < 1.29 is 9.18 Å². The Labute approximate surface area is 185 Å². The number of benzene rings is 2. The molecule has 1 aliphatic rings. The SMILES string of the molecule is O=C(c1cc2sccc2n1Cc1ccc(F)cc1)N1CCN(Cc2ccccc2)CC1. The molecular weight excluding hydrogens is 409 g/mol. The zero-order valence-electron chi connectivity index (χ0n) is 17.2. The van der Waals surface area contributed by atoms with E-state index in [1.165, 1.54) is 17.7 Å². The average molecular weight is 434 g/mol. The number of fused-ring (bicyclic) bond motifs is 1. The summed E-state index contributed by atoms with van der Waals surface area (Å²) < 4.78 is 16.5. The van der Waals surface area contributed by atoms with Crippen LogP contribution in [0.3, 0.4) is 0 Å². The molecule has 0 saturated carbocycles. The molecule has 0 aliphatic carbocycles. The number of carbonyl (C=O) groups is 1. The van der Waals surface area contributed by atoms with Crippen LogP contribution in [0.2, 0.25) is 0 Å². The highest BCUT2D eigenvalue weighted by Gasteiger charge is 2.25. The molecule has 158 valence electrons. The molecule has 31 heavy (non-hydrogen) atoms. The summed E-state index contributed by atoms with van der Waals surface area (Å²) in [4.78, 5) is 17.8. The maximum atomic E-state index is 13.4. The first-order valence-electron chi connectivity index (χ1n) is 10.5. The lowest BCUT2D eigenvalue weighted by Crippen LogP contribution is -2.48. The monoisotopic (exact) mass is 433 g/mol.